The summed E-state index contributed by atoms with van der Waals surface area (Å²) in [6, 6.07) is 5.76. The van der Waals surface area contributed by atoms with Gasteiger partial charge in [0, 0.05) is 11.4 Å². The minimum atomic E-state index is 0.302. The number of H-pyrrole nitrogens is 1. The van der Waals surface area contributed by atoms with Gasteiger partial charge in [-0.3, -0.25) is 0 Å². The molecule has 1 heterocycles. The van der Waals surface area contributed by atoms with Gasteiger partial charge in [-0.15, -0.1) is 0 Å². The molecular weight excluding hydrogens is 232 g/mol. The van der Waals surface area contributed by atoms with Crippen molar-refractivity contribution in [3.05, 3.63) is 29.0 Å². The average molecular weight is 251 g/mol. The molecular formula is C14H19ClN2. The second-order valence-electron chi connectivity index (χ2n) is 5.82. The molecule has 0 aliphatic heterocycles. The maximum absolute atomic E-state index is 5.96. The van der Waals surface area contributed by atoms with E-state index in [-0.39, 0.29) is 0 Å². The van der Waals surface area contributed by atoms with Crippen molar-refractivity contribution >= 4 is 22.6 Å². The summed E-state index contributed by atoms with van der Waals surface area (Å²) in [7, 11) is 0. The molecule has 1 aromatic heterocycles. The molecule has 0 aliphatic rings. The van der Waals surface area contributed by atoms with E-state index in [2.05, 4.69) is 37.7 Å². The monoisotopic (exact) mass is 250 g/mol. The lowest BCUT2D eigenvalue weighted by molar-refractivity contribution is 0.257. The Hall–Kier alpha value is -1.02. The van der Waals surface area contributed by atoms with Gasteiger partial charge < -0.3 is 4.98 Å². The van der Waals surface area contributed by atoms with Crippen LogP contribution in [0.1, 0.15) is 33.5 Å². The first-order valence-electron chi connectivity index (χ1n) is 6.00. The highest BCUT2D eigenvalue weighted by atomic mass is 35.5. The molecule has 2 nitrogen and oxygen atoms in total. The van der Waals surface area contributed by atoms with E-state index in [1.165, 1.54) is 0 Å². The summed E-state index contributed by atoms with van der Waals surface area (Å²) >= 11 is 5.96. The minimum Gasteiger partial charge on any atom is -0.342 e. The first kappa shape index (κ1) is 12.4. The van der Waals surface area contributed by atoms with E-state index in [1.54, 1.807) is 0 Å². The standard InChI is InChI=1S/C14H19ClN2/c1-9(14(2,3)4)7-13-16-11-6-5-10(15)8-12(11)17-13/h5-6,8-9H,7H2,1-4H3,(H,16,17). The topological polar surface area (TPSA) is 28.7 Å². The van der Waals surface area contributed by atoms with Crippen LogP contribution >= 0.6 is 11.6 Å². The number of nitrogens with one attached hydrogen (secondary N) is 1. The van der Waals surface area contributed by atoms with E-state index in [0.717, 1.165) is 28.3 Å². The third kappa shape index (κ3) is 2.81. The number of imidazole rings is 1. The lowest BCUT2D eigenvalue weighted by Gasteiger charge is -2.26. The highest BCUT2D eigenvalue weighted by molar-refractivity contribution is 6.31. The van der Waals surface area contributed by atoms with Crippen molar-refractivity contribution in [3.63, 3.8) is 0 Å². The molecule has 0 radical (unpaired) electrons. The lowest BCUT2D eigenvalue weighted by atomic mass is 9.80. The molecule has 1 N–H and O–H groups in total. The lowest BCUT2D eigenvalue weighted by Crippen LogP contribution is -2.19. The average Bonchev–Trinajstić information content (AvgIpc) is 2.57. The quantitative estimate of drug-likeness (QED) is 0.839. The summed E-state index contributed by atoms with van der Waals surface area (Å²) in [6.07, 6.45) is 0.968. The van der Waals surface area contributed by atoms with Crippen LogP contribution in [0.2, 0.25) is 5.02 Å². The molecule has 0 saturated carbocycles. The largest absolute Gasteiger partial charge is 0.342 e. The molecule has 0 bridgehead atoms. The summed E-state index contributed by atoms with van der Waals surface area (Å²) in [5.41, 5.74) is 2.32. The summed E-state index contributed by atoms with van der Waals surface area (Å²) in [5.74, 6) is 1.63. The number of fused-ring (bicyclic) bond motifs is 1. The zero-order chi connectivity index (χ0) is 12.6. The Bertz CT molecular complexity index is 522. The fraction of sp³-hybridized carbons (Fsp3) is 0.500. The van der Waals surface area contributed by atoms with Crippen LogP contribution in [0.15, 0.2) is 18.2 Å². The van der Waals surface area contributed by atoms with E-state index >= 15 is 0 Å². The van der Waals surface area contributed by atoms with Crippen molar-refractivity contribution in [1.29, 1.82) is 0 Å². The van der Waals surface area contributed by atoms with E-state index in [9.17, 15) is 0 Å². The molecule has 2 aromatic rings. The number of aromatic amines is 1. The van der Waals surface area contributed by atoms with Gasteiger partial charge in [-0.25, -0.2) is 4.98 Å². The summed E-state index contributed by atoms with van der Waals surface area (Å²) in [4.78, 5) is 7.94. The van der Waals surface area contributed by atoms with Gasteiger partial charge in [0.05, 0.1) is 11.0 Å². The highest BCUT2D eigenvalue weighted by Gasteiger charge is 2.21. The summed E-state index contributed by atoms with van der Waals surface area (Å²) < 4.78 is 0. The van der Waals surface area contributed by atoms with E-state index in [0.29, 0.717) is 11.3 Å². The number of rotatable bonds is 2. The third-order valence-corrected chi connectivity index (χ3v) is 3.71. The number of nitrogens with zero attached hydrogens (tertiary/aromatic N) is 1. The van der Waals surface area contributed by atoms with Gasteiger partial charge in [0.1, 0.15) is 5.82 Å². The number of aromatic nitrogens is 2. The molecule has 2 rings (SSSR count). The molecule has 0 spiro atoms. The Morgan fingerprint density at radius 3 is 2.71 bits per heavy atom. The number of hydrogen-bond donors (Lipinski definition) is 1. The normalized spacial score (nSPS) is 14.2. The van der Waals surface area contributed by atoms with Gasteiger partial charge in [-0.2, -0.15) is 0 Å². The zero-order valence-corrected chi connectivity index (χ0v) is 11.6. The fourth-order valence-corrected chi connectivity index (χ4v) is 1.90. The maximum atomic E-state index is 5.96. The van der Waals surface area contributed by atoms with Crippen LogP contribution in [0, 0.1) is 11.3 Å². The van der Waals surface area contributed by atoms with Crippen LogP contribution in [0.25, 0.3) is 11.0 Å². The Balaban J connectivity index is 2.25. The zero-order valence-electron chi connectivity index (χ0n) is 10.8. The molecule has 3 heteroatoms. The predicted molar refractivity (Wildman–Crippen MR) is 73.4 cm³/mol. The van der Waals surface area contributed by atoms with Crippen molar-refractivity contribution in [3.8, 4) is 0 Å². The molecule has 1 unspecified atom stereocenters. The highest BCUT2D eigenvalue weighted by Crippen LogP contribution is 2.28. The van der Waals surface area contributed by atoms with Crippen molar-refractivity contribution in [2.24, 2.45) is 11.3 Å². The van der Waals surface area contributed by atoms with Gasteiger partial charge in [0.15, 0.2) is 0 Å². The summed E-state index contributed by atoms with van der Waals surface area (Å²) in [5, 5.41) is 0.747. The van der Waals surface area contributed by atoms with Gasteiger partial charge in [-0.05, 0) is 29.5 Å². The van der Waals surface area contributed by atoms with Gasteiger partial charge in [-0.1, -0.05) is 39.3 Å². The Labute approximate surface area is 107 Å². The number of benzene rings is 1. The fourth-order valence-electron chi connectivity index (χ4n) is 1.73. The van der Waals surface area contributed by atoms with Gasteiger partial charge in [0.25, 0.3) is 0 Å². The first-order chi connectivity index (χ1) is 7.86. The molecule has 0 fully saturated rings. The molecule has 1 aromatic carbocycles. The molecule has 0 saturated heterocycles. The summed E-state index contributed by atoms with van der Waals surface area (Å²) in [6.45, 7) is 9.05. The van der Waals surface area contributed by atoms with Crippen molar-refractivity contribution in [1.82, 2.24) is 9.97 Å². The van der Waals surface area contributed by atoms with Gasteiger partial charge in [0.2, 0.25) is 0 Å². The van der Waals surface area contributed by atoms with Crippen molar-refractivity contribution in [2.75, 3.05) is 0 Å². The van der Waals surface area contributed by atoms with Crippen LogP contribution in [-0.2, 0) is 6.42 Å². The maximum Gasteiger partial charge on any atom is 0.107 e. The van der Waals surface area contributed by atoms with Crippen LogP contribution in [0.4, 0.5) is 0 Å². The second kappa shape index (κ2) is 4.34. The van der Waals surface area contributed by atoms with Crippen molar-refractivity contribution < 1.29 is 0 Å². The van der Waals surface area contributed by atoms with E-state index in [4.69, 9.17) is 11.6 Å². The van der Waals surface area contributed by atoms with Crippen molar-refractivity contribution in [2.45, 2.75) is 34.1 Å². The molecule has 1 atom stereocenters. The SMILES string of the molecule is CC(Cc1nc2ccc(Cl)cc2[nH]1)C(C)(C)C. The second-order valence-corrected chi connectivity index (χ2v) is 6.25. The van der Waals surface area contributed by atoms with Crippen LogP contribution in [-0.4, -0.2) is 9.97 Å². The molecule has 17 heavy (non-hydrogen) atoms. The van der Waals surface area contributed by atoms with Crippen LogP contribution in [0.3, 0.4) is 0 Å². The third-order valence-electron chi connectivity index (χ3n) is 3.47. The molecule has 0 amide bonds. The Morgan fingerprint density at radius 1 is 1.35 bits per heavy atom. The van der Waals surface area contributed by atoms with E-state index < -0.39 is 0 Å². The van der Waals surface area contributed by atoms with Crippen LogP contribution < -0.4 is 0 Å². The Kier molecular flexibility index (Phi) is 3.17. The van der Waals surface area contributed by atoms with Gasteiger partial charge >= 0.3 is 0 Å². The minimum absolute atomic E-state index is 0.302. The Morgan fingerprint density at radius 2 is 2.06 bits per heavy atom. The van der Waals surface area contributed by atoms with Crippen LogP contribution in [0.5, 0.6) is 0 Å². The molecule has 0 aliphatic carbocycles. The number of hydrogen-bond acceptors (Lipinski definition) is 1. The van der Waals surface area contributed by atoms with E-state index in [1.807, 2.05) is 18.2 Å². The number of halogens is 1. The first-order valence-corrected chi connectivity index (χ1v) is 6.38. The molecule has 92 valence electrons. The smallest absolute Gasteiger partial charge is 0.107 e. The predicted octanol–water partition coefficient (Wildman–Crippen LogP) is 4.44.